The van der Waals surface area contributed by atoms with Crippen molar-refractivity contribution in [3.8, 4) is 5.75 Å². The molecule has 5 heteroatoms. The summed E-state index contributed by atoms with van der Waals surface area (Å²) in [6, 6.07) is 7.52. The molecule has 138 valence electrons. The topological polar surface area (TPSA) is 64.6 Å². The molecule has 2 aliphatic rings. The number of benzene rings is 1. The molecule has 0 saturated heterocycles. The first-order valence-corrected chi connectivity index (χ1v) is 8.73. The van der Waals surface area contributed by atoms with Crippen molar-refractivity contribution in [2.75, 3.05) is 14.2 Å². The van der Waals surface area contributed by atoms with Gasteiger partial charge in [0.05, 0.1) is 19.8 Å². The molecule has 1 aliphatic heterocycles. The van der Waals surface area contributed by atoms with Gasteiger partial charge in [-0.15, -0.1) is 0 Å². The molecule has 0 fully saturated rings. The Morgan fingerprint density at radius 3 is 2.62 bits per heavy atom. The molecule has 1 aliphatic carbocycles. The van der Waals surface area contributed by atoms with Gasteiger partial charge >= 0.3 is 5.97 Å². The van der Waals surface area contributed by atoms with Crippen LogP contribution >= 0.6 is 0 Å². The zero-order chi connectivity index (χ0) is 19.1. The van der Waals surface area contributed by atoms with E-state index in [0.29, 0.717) is 23.3 Å². The van der Waals surface area contributed by atoms with Crippen LogP contribution in [-0.4, -0.2) is 26.0 Å². The monoisotopic (exact) mass is 355 g/mol. The van der Waals surface area contributed by atoms with Crippen LogP contribution in [0.25, 0.3) is 0 Å². The zero-order valence-electron chi connectivity index (χ0n) is 15.9. The van der Waals surface area contributed by atoms with Gasteiger partial charge in [0.15, 0.2) is 5.78 Å². The Morgan fingerprint density at radius 2 is 1.96 bits per heavy atom. The van der Waals surface area contributed by atoms with Gasteiger partial charge in [-0.1, -0.05) is 26.0 Å². The summed E-state index contributed by atoms with van der Waals surface area (Å²) in [4.78, 5) is 25.6. The quantitative estimate of drug-likeness (QED) is 0.841. The summed E-state index contributed by atoms with van der Waals surface area (Å²) in [7, 11) is 2.96. The van der Waals surface area contributed by atoms with Gasteiger partial charge in [0.25, 0.3) is 0 Å². The molecular weight excluding hydrogens is 330 g/mol. The molecule has 1 aromatic rings. The number of Topliss-reactive ketones (excluding diaryl/α,β-unsaturated/α-hetero) is 1. The highest BCUT2D eigenvalue weighted by Crippen LogP contribution is 2.47. The van der Waals surface area contributed by atoms with E-state index in [9.17, 15) is 9.59 Å². The Kier molecular flexibility index (Phi) is 4.65. The van der Waals surface area contributed by atoms with E-state index in [1.165, 1.54) is 7.11 Å². The Bertz CT molecular complexity index is 832. The molecule has 0 aromatic heterocycles. The third-order valence-electron chi connectivity index (χ3n) is 5.07. The van der Waals surface area contributed by atoms with Crippen molar-refractivity contribution in [2.24, 2.45) is 5.41 Å². The van der Waals surface area contributed by atoms with Crippen LogP contribution in [-0.2, 0) is 14.3 Å². The molecule has 0 spiro atoms. The van der Waals surface area contributed by atoms with Gasteiger partial charge in [0.2, 0.25) is 0 Å². The summed E-state index contributed by atoms with van der Waals surface area (Å²) in [5.41, 5.74) is 3.53. The van der Waals surface area contributed by atoms with Crippen LogP contribution in [0.4, 0.5) is 0 Å². The lowest BCUT2D eigenvalue weighted by molar-refractivity contribution is -0.136. The summed E-state index contributed by atoms with van der Waals surface area (Å²) in [5.74, 6) is -0.108. The number of hydrogen-bond donors (Lipinski definition) is 1. The number of ketones is 1. The maximum absolute atomic E-state index is 13.0. The van der Waals surface area contributed by atoms with E-state index in [4.69, 9.17) is 9.47 Å². The number of allylic oxidation sites excluding steroid dienone is 3. The molecular formula is C21H25NO4. The first-order valence-electron chi connectivity index (χ1n) is 8.73. The summed E-state index contributed by atoms with van der Waals surface area (Å²) in [5, 5.41) is 3.30. The summed E-state index contributed by atoms with van der Waals surface area (Å²) >= 11 is 0. The van der Waals surface area contributed by atoms with Gasteiger partial charge in [-0.3, -0.25) is 4.79 Å². The molecule has 5 nitrogen and oxygen atoms in total. The van der Waals surface area contributed by atoms with Crippen molar-refractivity contribution in [3.63, 3.8) is 0 Å². The molecule has 3 rings (SSSR count). The average molecular weight is 355 g/mol. The molecule has 1 N–H and O–H groups in total. The van der Waals surface area contributed by atoms with Crippen LogP contribution in [0.3, 0.4) is 0 Å². The van der Waals surface area contributed by atoms with Gasteiger partial charge in [0.1, 0.15) is 5.75 Å². The smallest absolute Gasteiger partial charge is 0.336 e. The van der Waals surface area contributed by atoms with Crippen molar-refractivity contribution >= 4 is 11.8 Å². The summed E-state index contributed by atoms with van der Waals surface area (Å²) in [6.07, 6.45) is 1.22. The van der Waals surface area contributed by atoms with Crippen LogP contribution in [0.2, 0.25) is 0 Å². The molecule has 1 unspecified atom stereocenters. The lowest BCUT2D eigenvalue weighted by Gasteiger charge is -2.39. The summed E-state index contributed by atoms with van der Waals surface area (Å²) in [6.45, 7) is 6.03. The SMILES string of the molecule is COC(=O)C1=C(C)NC2=C(C(=O)CC(C)(C)C2)C1c1cccc(OC)c1. The number of ether oxygens (including phenoxy) is 2. The fraction of sp³-hybridized carbons (Fsp3) is 0.429. The van der Waals surface area contributed by atoms with Crippen molar-refractivity contribution in [2.45, 2.75) is 39.5 Å². The minimum absolute atomic E-state index is 0.0745. The lowest BCUT2D eigenvalue weighted by atomic mass is 9.68. The van der Waals surface area contributed by atoms with Crippen LogP contribution in [0, 0.1) is 5.41 Å². The van der Waals surface area contributed by atoms with E-state index in [1.54, 1.807) is 7.11 Å². The van der Waals surface area contributed by atoms with E-state index in [-0.39, 0.29) is 11.2 Å². The Morgan fingerprint density at radius 1 is 1.23 bits per heavy atom. The normalized spacial score (nSPS) is 21.9. The van der Waals surface area contributed by atoms with Crippen molar-refractivity contribution in [1.82, 2.24) is 5.32 Å². The molecule has 26 heavy (non-hydrogen) atoms. The maximum Gasteiger partial charge on any atom is 0.336 e. The van der Waals surface area contributed by atoms with Crippen LogP contribution in [0.5, 0.6) is 5.75 Å². The Balaban J connectivity index is 2.21. The second-order valence-corrected chi connectivity index (χ2v) is 7.70. The second-order valence-electron chi connectivity index (χ2n) is 7.70. The average Bonchev–Trinajstić information content (AvgIpc) is 2.58. The number of rotatable bonds is 3. The lowest BCUT2D eigenvalue weighted by Crippen LogP contribution is -2.38. The van der Waals surface area contributed by atoms with Crippen molar-refractivity contribution in [3.05, 3.63) is 52.4 Å². The minimum Gasteiger partial charge on any atom is -0.497 e. The van der Waals surface area contributed by atoms with Crippen LogP contribution in [0.15, 0.2) is 46.8 Å². The highest BCUT2D eigenvalue weighted by molar-refractivity contribution is 6.04. The van der Waals surface area contributed by atoms with Crippen molar-refractivity contribution in [1.29, 1.82) is 0 Å². The van der Waals surface area contributed by atoms with Gasteiger partial charge in [0, 0.05) is 29.3 Å². The van der Waals surface area contributed by atoms with E-state index in [0.717, 1.165) is 23.4 Å². The number of methoxy groups -OCH3 is 2. The molecule has 0 bridgehead atoms. The minimum atomic E-state index is -0.447. The molecule has 1 atom stereocenters. The van der Waals surface area contributed by atoms with Crippen molar-refractivity contribution < 1.29 is 19.1 Å². The molecule has 1 aromatic carbocycles. The fourth-order valence-corrected chi connectivity index (χ4v) is 3.97. The third-order valence-corrected chi connectivity index (χ3v) is 5.07. The largest absolute Gasteiger partial charge is 0.497 e. The number of hydrogen-bond acceptors (Lipinski definition) is 5. The van der Waals surface area contributed by atoms with E-state index in [1.807, 2.05) is 31.2 Å². The first kappa shape index (κ1) is 18.2. The number of carbonyl (C=O) groups excluding carboxylic acids is 2. The van der Waals surface area contributed by atoms with Gasteiger partial charge in [-0.05, 0) is 36.5 Å². The fourth-order valence-electron chi connectivity index (χ4n) is 3.97. The highest BCUT2D eigenvalue weighted by atomic mass is 16.5. The first-order chi connectivity index (χ1) is 12.3. The number of dihydropyridines is 1. The number of carbonyl (C=O) groups is 2. The number of esters is 1. The molecule has 0 radical (unpaired) electrons. The predicted molar refractivity (Wildman–Crippen MR) is 98.6 cm³/mol. The predicted octanol–water partition coefficient (Wildman–Crippen LogP) is 3.47. The van der Waals surface area contributed by atoms with Gasteiger partial charge < -0.3 is 14.8 Å². The second kappa shape index (κ2) is 6.63. The summed E-state index contributed by atoms with van der Waals surface area (Å²) < 4.78 is 10.4. The van der Waals surface area contributed by atoms with E-state index >= 15 is 0 Å². The molecule has 1 heterocycles. The maximum atomic E-state index is 13.0. The third kappa shape index (κ3) is 3.14. The van der Waals surface area contributed by atoms with Crippen LogP contribution < -0.4 is 10.1 Å². The number of nitrogens with one attached hydrogen (secondary N) is 1. The van der Waals surface area contributed by atoms with E-state index < -0.39 is 11.9 Å². The molecule has 0 amide bonds. The van der Waals surface area contributed by atoms with Gasteiger partial charge in [-0.25, -0.2) is 4.79 Å². The zero-order valence-corrected chi connectivity index (χ0v) is 15.9. The highest BCUT2D eigenvalue weighted by Gasteiger charge is 2.43. The standard InChI is InChI=1S/C21H25NO4/c1-12-17(20(24)26-5)18(13-7-6-8-14(9-13)25-4)19-15(22-12)10-21(2,3)11-16(19)23/h6-9,18,22H,10-11H2,1-5H3. The Labute approximate surface area is 154 Å². The molecule has 0 saturated carbocycles. The van der Waals surface area contributed by atoms with E-state index in [2.05, 4.69) is 19.2 Å². The van der Waals surface area contributed by atoms with Crippen LogP contribution in [0.1, 0.15) is 45.1 Å². The van der Waals surface area contributed by atoms with Gasteiger partial charge in [-0.2, -0.15) is 0 Å². The Hall–Kier alpha value is -2.56.